The zero-order valence-corrected chi connectivity index (χ0v) is 24.7. The summed E-state index contributed by atoms with van der Waals surface area (Å²) in [5.41, 5.74) is 0.492. The lowest BCUT2D eigenvalue weighted by Gasteiger charge is -2.45. The van der Waals surface area contributed by atoms with Crippen molar-refractivity contribution in [2.45, 2.75) is 67.8 Å². The second kappa shape index (κ2) is 14.3. The van der Waals surface area contributed by atoms with Gasteiger partial charge in [0.25, 0.3) is 0 Å². The summed E-state index contributed by atoms with van der Waals surface area (Å²) in [6, 6.07) is 8.05. The number of hydrogen-bond donors (Lipinski definition) is 8. The Morgan fingerprint density at radius 3 is 2.30 bits per heavy atom. The quantitative estimate of drug-likeness (QED) is 0.114. The second-order valence-electron chi connectivity index (χ2n) is 10.9. The molecule has 0 bridgehead atoms. The molecular weight excluding hydrogens is 632 g/mol. The van der Waals surface area contributed by atoms with Crippen LogP contribution in [0.15, 0.2) is 42.2 Å². The lowest BCUT2D eigenvalue weighted by atomic mass is 9.97. The van der Waals surface area contributed by atoms with Crippen LogP contribution >= 0.6 is 0 Å². The Morgan fingerprint density at radius 2 is 1.60 bits per heavy atom. The molecule has 2 fully saturated rings. The third-order valence-corrected chi connectivity index (χ3v) is 7.66. The summed E-state index contributed by atoms with van der Waals surface area (Å²) in [4.78, 5) is 23.6. The first-order chi connectivity index (χ1) is 22.4. The Bertz CT molecular complexity index is 1460. The Kier molecular flexibility index (Phi) is 10.4. The topological polar surface area (TPSA) is 261 Å². The molecule has 17 nitrogen and oxygen atoms in total. The van der Waals surface area contributed by atoms with Gasteiger partial charge in [-0.25, -0.2) is 0 Å². The Morgan fingerprint density at radius 1 is 0.872 bits per heavy atom. The number of carbonyl (C=O) groups excluding carboxylic acids is 2. The molecular formula is C30H34O17. The summed E-state index contributed by atoms with van der Waals surface area (Å²) >= 11 is 0. The predicted molar refractivity (Wildman–Crippen MR) is 151 cm³/mol. The highest BCUT2D eigenvalue weighted by Gasteiger charge is 2.51. The summed E-state index contributed by atoms with van der Waals surface area (Å²) in [5.74, 6) is -2.66. The fraction of sp³-hybridized carbons (Fsp3) is 0.467. The molecule has 2 aromatic rings. The second-order valence-corrected chi connectivity index (χ2v) is 10.9. The molecule has 0 spiro atoms. The molecule has 0 aromatic heterocycles. The standard InChI is InChI=1S/C30H34O17/c1-41-21(35)9-22(36)42-11-20-24(38)25(39)28(47-29-26(40)23(37)17(34)10-43-29)30(46-20)45-19-8-15-16(33)6-14(32)7-18(15)44-27(19)12-2-4-13(31)5-3-12/h2-8,17,20,23-34,37-40H,9-11H2,1H3/t17-,20-,23+,24-,25-,26+,27?,28-,29+,30+/m0/s1. The van der Waals surface area contributed by atoms with Gasteiger partial charge in [0.1, 0.15) is 78.4 Å². The highest BCUT2D eigenvalue weighted by molar-refractivity contribution is 5.91. The van der Waals surface area contributed by atoms with E-state index >= 15 is 0 Å². The van der Waals surface area contributed by atoms with Gasteiger partial charge in [0.15, 0.2) is 18.5 Å². The van der Waals surface area contributed by atoms with Crippen molar-refractivity contribution in [2.24, 2.45) is 0 Å². The number of aromatic hydroxyl groups is 3. The number of esters is 2. The molecule has 3 aliphatic heterocycles. The number of hydrogen-bond acceptors (Lipinski definition) is 17. The monoisotopic (exact) mass is 666 g/mol. The first-order valence-electron chi connectivity index (χ1n) is 14.3. The molecule has 0 amide bonds. The lowest BCUT2D eigenvalue weighted by molar-refractivity contribution is -0.352. The van der Waals surface area contributed by atoms with Gasteiger partial charge in [-0.05, 0) is 18.2 Å². The van der Waals surface area contributed by atoms with Gasteiger partial charge < -0.3 is 74.0 Å². The number of fused-ring (bicyclic) bond motifs is 1. The van der Waals surface area contributed by atoms with Crippen molar-refractivity contribution in [2.75, 3.05) is 20.3 Å². The van der Waals surface area contributed by atoms with Crippen LogP contribution in [0.25, 0.3) is 6.08 Å². The minimum absolute atomic E-state index is 0.0578. The van der Waals surface area contributed by atoms with Gasteiger partial charge >= 0.3 is 11.9 Å². The Labute approximate surface area is 266 Å². The van der Waals surface area contributed by atoms with E-state index in [1.54, 1.807) is 0 Å². The largest absolute Gasteiger partial charge is 0.508 e. The number of methoxy groups -OCH3 is 1. The fourth-order valence-electron chi connectivity index (χ4n) is 5.11. The van der Waals surface area contributed by atoms with E-state index in [0.717, 1.165) is 13.2 Å². The van der Waals surface area contributed by atoms with Gasteiger partial charge in [0.2, 0.25) is 6.29 Å². The first kappa shape index (κ1) is 34.1. The maximum Gasteiger partial charge on any atom is 0.317 e. The Hall–Kier alpha value is -4.20. The van der Waals surface area contributed by atoms with E-state index in [-0.39, 0.29) is 34.3 Å². The number of phenolic OH excluding ortho intramolecular Hbond substituents is 3. The molecule has 3 heterocycles. The van der Waals surface area contributed by atoms with Crippen LogP contribution in [0, 0.1) is 0 Å². The van der Waals surface area contributed by atoms with Gasteiger partial charge in [-0.2, -0.15) is 0 Å². The van der Waals surface area contributed by atoms with Gasteiger partial charge in [-0.3, -0.25) is 9.59 Å². The van der Waals surface area contributed by atoms with E-state index in [9.17, 15) is 50.4 Å². The molecule has 0 saturated carbocycles. The zero-order valence-electron chi connectivity index (χ0n) is 24.7. The maximum absolute atomic E-state index is 12.1. The summed E-state index contributed by atoms with van der Waals surface area (Å²) in [5, 5.41) is 83.0. The minimum Gasteiger partial charge on any atom is -0.508 e. The number of aliphatic hydroxyl groups is 5. The summed E-state index contributed by atoms with van der Waals surface area (Å²) in [6.45, 7) is -1.13. The molecule has 0 radical (unpaired) electrons. The third-order valence-electron chi connectivity index (χ3n) is 7.66. The van der Waals surface area contributed by atoms with E-state index in [2.05, 4.69) is 4.74 Å². The number of phenols is 3. The number of rotatable bonds is 9. The molecule has 0 aliphatic carbocycles. The van der Waals surface area contributed by atoms with Gasteiger partial charge in [0, 0.05) is 17.7 Å². The lowest BCUT2D eigenvalue weighted by Crippen LogP contribution is -2.63. The summed E-state index contributed by atoms with van der Waals surface area (Å²) in [6.07, 6.45) is -15.7. The highest BCUT2D eigenvalue weighted by atomic mass is 16.8. The molecule has 5 rings (SSSR count). The first-order valence-corrected chi connectivity index (χ1v) is 14.3. The van der Waals surface area contributed by atoms with Gasteiger partial charge in [-0.1, -0.05) is 12.1 Å². The van der Waals surface area contributed by atoms with Crippen LogP contribution in [0.2, 0.25) is 0 Å². The van der Waals surface area contributed by atoms with Crippen molar-refractivity contribution in [3.63, 3.8) is 0 Å². The summed E-state index contributed by atoms with van der Waals surface area (Å²) < 4.78 is 38.6. The molecule has 1 unspecified atom stereocenters. The van der Waals surface area contributed by atoms with E-state index in [1.165, 1.54) is 36.4 Å². The van der Waals surface area contributed by atoms with Crippen LogP contribution in [0.5, 0.6) is 23.0 Å². The van der Waals surface area contributed by atoms with Crippen molar-refractivity contribution in [1.29, 1.82) is 0 Å². The molecule has 10 atom stereocenters. The summed E-state index contributed by atoms with van der Waals surface area (Å²) in [7, 11) is 1.07. The molecule has 3 aliphatic rings. The maximum atomic E-state index is 12.1. The smallest absolute Gasteiger partial charge is 0.317 e. The molecule has 256 valence electrons. The van der Waals surface area contributed by atoms with Crippen molar-refractivity contribution in [1.82, 2.24) is 0 Å². The molecule has 47 heavy (non-hydrogen) atoms. The fourth-order valence-corrected chi connectivity index (χ4v) is 5.11. The van der Waals surface area contributed by atoms with Crippen molar-refractivity contribution < 1.29 is 83.6 Å². The van der Waals surface area contributed by atoms with Crippen LogP contribution in [0.3, 0.4) is 0 Å². The molecule has 2 aromatic carbocycles. The molecule has 2 saturated heterocycles. The van der Waals surface area contributed by atoms with Crippen LogP contribution in [-0.4, -0.2) is 128 Å². The number of ether oxygens (including phenoxy) is 7. The van der Waals surface area contributed by atoms with E-state index in [4.69, 9.17) is 28.4 Å². The number of carbonyl (C=O) groups is 2. The van der Waals surface area contributed by atoms with Gasteiger partial charge in [0.05, 0.1) is 19.3 Å². The minimum atomic E-state index is -1.88. The molecule has 17 heteroatoms. The zero-order chi connectivity index (χ0) is 34.0. The van der Waals surface area contributed by atoms with Crippen molar-refractivity contribution in [3.05, 3.63) is 53.3 Å². The number of aliphatic hydroxyl groups excluding tert-OH is 5. The van der Waals surface area contributed by atoms with Crippen LogP contribution in [0.1, 0.15) is 23.7 Å². The van der Waals surface area contributed by atoms with Crippen LogP contribution < -0.4 is 4.74 Å². The van der Waals surface area contributed by atoms with E-state index < -0.39 is 93.0 Å². The number of benzene rings is 2. The highest BCUT2D eigenvalue weighted by Crippen LogP contribution is 2.45. The van der Waals surface area contributed by atoms with Crippen LogP contribution in [-0.2, 0) is 38.0 Å². The van der Waals surface area contributed by atoms with Crippen molar-refractivity contribution >= 4 is 18.0 Å². The normalized spacial score (nSPS) is 31.9. The van der Waals surface area contributed by atoms with Crippen LogP contribution in [0.4, 0.5) is 0 Å². The molecule has 8 N–H and O–H groups in total. The van der Waals surface area contributed by atoms with Crippen molar-refractivity contribution in [3.8, 4) is 23.0 Å². The average Bonchev–Trinajstić information content (AvgIpc) is 3.04. The third kappa shape index (κ3) is 7.53. The predicted octanol–water partition coefficient (Wildman–Crippen LogP) is -1.33. The SMILES string of the molecule is COC(=O)CC(=O)OC[C@@H]1O[C@@H](OC2=Cc3c(O)cc(O)cc3OC2c2ccc(O)cc2)[C@@H](O[C@H]2OC[C@H](O)[C@@H](O)[C@H]2O)[C@@H](O)[C@H]1O. The average molecular weight is 667 g/mol. The van der Waals surface area contributed by atoms with E-state index in [1.807, 2.05) is 0 Å². The van der Waals surface area contributed by atoms with Gasteiger partial charge in [-0.15, -0.1) is 0 Å². The Balaban J connectivity index is 1.47. The van der Waals surface area contributed by atoms with E-state index in [0.29, 0.717) is 5.56 Å².